The minimum atomic E-state index is -0.822. The van der Waals surface area contributed by atoms with Crippen LogP contribution in [0.5, 0.6) is 0 Å². The maximum atomic E-state index is 12.2. The molecule has 4 nitrogen and oxygen atoms in total. The lowest BCUT2D eigenvalue weighted by Gasteiger charge is -2.39. The molecular formula is C18H24O4. The predicted octanol–water partition coefficient (Wildman–Crippen LogP) is 3.79. The zero-order chi connectivity index (χ0) is 16.0. The number of hydrogen-bond donors (Lipinski definition) is 1. The first kappa shape index (κ1) is 16.5. The molecule has 0 heterocycles. The number of carbonyl (C=O) groups excluding carboxylic acids is 1. The molecule has 22 heavy (non-hydrogen) atoms. The lowest BCUT2D eigenvalue weighted by Crippen LogP contribution is -2.38. The molecule has 1 aromatic rings. The molecule has 1 aliphatic carbocycles. The van der Waals surface area contributed by atoms with Gasteiger partial charge in [-0.15, -0.1) is 0 Å². The van der Waals surface area contributed by atoms with E-state index < -0.39 is 17.3 Å². The predicted molar refractivity (Wildman–Crippen MR) is 83.2 cm³/mol. The van der Waals surface area contributed by atoms with Crippen molar-refractivity contribution in [3.05, 3.63) is 35.9 Å². The van der Waals surface area contributed by atoms with Crippen molar-refractivity contribution in [3.8, 4) is 0 Å². The Kier molecular flexibility index (Phi) is 5.58. The highest BCUT2D eigenvalue weighted by Crippen LogP contribution is 2.45. The molecule has 1 fully saturated rings. The summed E-state index contributed by atoms with van der Waals surface area (Å²) < 4.78 is 5.35. The van der Waals surface area contributed by atoms with Crippen molar-refractivity contribution in [1.29, 1.82) is 0 Å². The van der Waals surface area contributed by atoms with Crippen molar-refractivity contribution >= 4 is 11.9 Å². The molecule has 0 aliphatic heterocycles. The van der Waals surface area contributed by atoms with Crippen LogP contribution in [-0.2, 0) is 20.9 Å². The highest BCUT2D eigenvalue weighted by molar-refractivity contribution is 5.74. The largest absolute Gasteiger partial charge is 0.481 e. The first-order chi connectivity index (χ1) is 10.5. The van der Waals surface area contributed by atoms with Gasteiger partial charge in [-0.3, -0.25) is 9.59 Å². The third-order valence-corrected chi connectivity index (χ3v) is 4.88. The van der Waals surface area contributed by atoms with Crippen molar-refractivity contribution in [3.63, 3.8) is 0 Å². The van der Waals surface area contributed by atoms with Gasteiger partial charge in [0.25, 0.3) is 0 Å². The molecule has 1 aromatic carbocycles. The van der Waals surface area contributed by atoms with Gasteiger partial charge >= 0.3 is 11.9 Å². The zero-order valence-corrected chi connectivity index (χ0v) is 13.1. The van der Waals surface area contributed by atoms with Gasteiger partial charge in [-0.05, 0) is 23.8 Å². The van der Waals surface area contributed by atoms with Crippen LogP contribution in [0.1, 0.15) is 51.0 Å². The monoisotopic (exact) mass is 304 g/mol. The number of carboxylic acid groups (broad SMARTS) is 1. The van der Waals surface area contributed by atoms with Gasteiger partial charge < -0.3 is 9.84 Å². The number of benzene rings is 1. The highest BCUT2D eigenvalue weighted by atomic mass is 16.5. The van der Waals surface area contributed by atoms with Crippen molar-refractivity contribution in [1.82, 2.24) is 0 Å². The first-order valence-electron chi connectivity index (χ1n) is 7.96. The summed E-state index contributed by atoms with van der Waals surface area (Å²) in [5.41, 5.74) is 0.498. The molecule has 0 radical (unpaired) electrons. The summed E-state index contributed by atoms with van der Waals surface area (Å²) >= 11 is 0. The van der Waals surface area contributed by atoms with Crippen molar-refractivity contribution < 1.29 is 19.4 Å². The number of carboxylic acids is 1. The number of ether oxygens (including phenoxy) is 1. The van der Waals surface area contributed by atoms with E-state index in [-0.39, 0.29) is 19.0 Å². The summed E-state index contributed by atoms with van der Waals surface area (Å²) in [4.78, 5) is 23.6. The number of hydrogen-bond acceptors (Lipinski definition) is 3. The molecule has 120 valence electrons. The summed E-state index contributed by atoms with van der Waals surface area (Å²) in [5, 5.41) is 9.37. The summed E-state index contributed by atoms with van der Waals surface area (Å²) in [5.74, 6) is -1.63. The summed E-state index contributed by atoms with van der Waals surface area (Å²) in [6.07, 6.45) is 4.88. The fourth-order valence-electron chi connectivity index (χ4n) is 3.36. The van der Waals surface area contributed by atoms with E-state index >= 15 is 0 Å². The van der Waals surface area contributed by atoms with Gasteiger partial charge in [0.15, 0.2) is 0 Å². The maximum Gasteiger partial charge on any atom is 0.306 e. The smallest absolute Gasteiger partial charge is 0.306 e. The molecule has 1 unspecified atom stereocenters. The third kappa shape index (κ3) is 4.09. The van der Waals surface area contributed by atoms with Gasteiger partial charge in [-0.25, -0.2) is 0 Å². The van der Waals surface area contributed by atoms with Gasteiger partial charge in [0.05, 0.1) is 12.3 Å². The second-order valence-corrected chi connectivity index (χ2v) is 6.31. The van der Waals surface area contributed by atoms with Gasteiger partial charge in [-0.2, -0.15) is 0 Å². The Hall–Kier alpha value is -1.84. The second kappa shape index (κ2) is 7.43. The van der Waals surface area contributed by atoms with Crippen LogP contribution in [0.4, 0.5) is 0 Å². The fraction of sp³-hybridized carbons (Fsp3) is 0.556. The van der Waals surface area contributed by atoms with Crippen LogP contribution in [0.25, 0.3) is 0 Å². The van der Waals surface area contributed by atoms with E-state index in [4.69, 9.17) is 4.74 Å². The Morgan fingerprint density at radius 2 is 1.82 bits per heavy atom. The zero-order valence-electron chi connectivity index (χ0n) is 13.1. The molecule has 1 atom stereocenters. The molecule has 0 bridgehead atoms. The lowest BCUT2D eigenvalue weighted by molar-refractivity contribution is -0.154. The Balaban J connectivity index is 1.97. The Morgan fingerprint density at radius 3 is 2.41 bits per heavy atom. The van der Waals surface area contributed by atoms with E-state index in [1.54, 1.807) is 6.92 Å². The standard InChI is InChI=1S/C18H24O4/c1-14(17(20)21)18(10-6-3-7-11-18)12-16(19)22-13-15-8-4-2-5-9-15/h2,4-5,8-9,14H,3,6-7,10-13H2,1H3,(H,20,21). The highest BCUT2D eigenvalue weighted by Gasteiger charge is 2.43. The SMILES string of the molecule is CC(C(=O)O)C1(CC(=O)OCc2ccccc2)CCCCC1. The topological polar surface area (TPSA) is 63.6 Å². The average molecular weight is 304 g/mol. The van der Waals surface area contributed by atoms with E-state index in [9.17, 15) is 14.7 Å². The molecule has 0 aromatic heterocycles. The van der Waals surface area contributed by atoms with Crippen LogP contribution < -0.4 is 0 Å². The number of carbonyl (C=O) groups is 2. The van der Waals surface area contributed by atoms with E-state index in [1.165, 1.54) is 0 Å². The first-order valence-corrected chi connectivity index (χ1v) is 7.96. The molecule has 2 rings (SSSR count). The normalized spacial score (nSPS) is 18.4. The summed E-state index contributed by atoms with van der Waals surface area (Å²) in [6, 6.07) is 9.53. The number of aliphatic carboxylic acids is 1. The molecule has 1 aliphatic rings. The van der Waals surface area contributed by atoms with Crippen LogP contribution in [0, 0.1) is 11.3 Å². The Labute approximate surface area is 131 Å². The van der Waals surface area contributed by atoms with E-state index in [1.807, 2.05) is 30.3 Å². The lowest BCUT2D eigenvalue weighted by atomic mass is 9.64. The van der Waals surface area contributed by atoms with Crippen molar-refractivity contribution in [2.24, 2.45) is 11.3 Å². The van der Waals surface area contributed by atoms with Crippen LogP contribution in [0.3, 0.4) is 0 Å². The molecule has 1 N–H and O–H groups in total. The molecule has 0 saturated heterocycles. The number of esters is 1. The van der Waals surface area contributed by atoms with Crippen LogP contribution >= 0.6 is 0 Å². The summed E-state index contributed by atoms with van der Waals surface area (Å²) in [6.45, 7) is 1.97. The van der Waals surface area contributed by atoms with Gasteiger partial charge in [-0.1, -0.05) is 56.5 Å². The van der Waals surface area contributed by atoms with Crippen LogP contribution in [-0.4, -0.2) is 17.0 Å². The molecular weight excluding hydrogens is 280 g/mol. The molecule has 0 spiro atoms. The van der Waals surface area contributed by atoms with Crippen LogP contribution in [0.2, 0.25) is 0 Å². The maximum absolute atomic E-state index is 12.2. The van der Waals surface area contributed by atoms with E-state index in [2.05, 4.69) is 0 Å². The third-order valence-electron chi connectivity index (χ3n) is 4.88. The summed E-state index contributed by atoms with van der Waals surface area (Å²) in [7, 11) is 0. The molecule has 0 amide bonds. The van der Waals surface area contributed by atoms with E-state index in [0.717, 1.165) is 37.7 Å². The van der Waals surface area contributed by atoms with Gasteiger partial charge in [0, 0.05) is 0 Å². The molecule has 4 heteroatoms. The van der Waals surface area contributed by atoms with Crippen molar-refractivity contribution in [2.75, 3.05) is 0 Å². The Morgan fingerprint density at radius 1 is 1.18 bits per heavy atom. The van der Waals surface area contributed by atoms with Gasteiger partial charge in [0.1, 0.15) is 6.61 Å². The van der Waals surface area contributed by atoms with Gasteiger partial charge in [0.2, 0.25) is 0 Å². The van der Waals surface area contributed by atoms with Crippen LogP contribution in [0.15, 0.2) is 30.3 Å². The minimum Gasteiger partial charge on any atom is -0.481 e. The minimum absolute atomic E-state index is 0.202. The number of rotatable bonds is 6. The quantitative estimate of drug-likeness (QED) is 0.812. The second-order valence-electron chi connectivity index (χ2n) is 6.31. The van der Waals surface area contributed by atoms with Crippen molar-refractivity contribution in [2.45, 2.75) is 52.1 Å². The average Bonchev–Trinajstić information content (AvgIpc) is 2.54. The van der Waals surface area contributed by atoms with E-state index in [0.29, 0.717) is 0 Å². The molecule has 1 saturated carbocycles. The fourth-order valence-corrected chi connectivity index (χ4v) is 3.36. The Bertz CT molecular complexity index is 503.